The molecule has 0 saturated heterocycles. The molecule has 0 unspecified atom stereocenters. The Hall–Kier alpha value is -3.18. The first-order chi connectivity index (χ1) is 15.1. The molecule has 0 spiro atoms. The van der Waals surface area contributed by atoms with Crippen LogP contribution in [0.2, 0.25) is 0 Å². The van der Waals surface area contributed by atoms with E-state index in [-0.39, 0.29) is 18.0 Å². The number of carbonyl (C=O) groups excluding carboxylic acids is 2. The predicted octanol–water partition coefficient (Wildman–Crippen LogP) is 1.67. The fourth-order valence-electron chi connectivity index (χ4n) is 2.79. The summed E-state index contributed by atoms with van der Waals surface area (Å²) in [6.45, 7) is -0.955. The molecule has 174 valence electrons. The fourth-order valence-corrected chi connectivity index (χ4v) is 3.91. The topological polar surface area (TPSA) is 102 Å². The van der Waals surface area contributed by atoms with Gasteiger partial charge in [-0.15, -0.1) is 0 Å². The van der Waals surface area contributed by atoms with Crippen molar-refractivity contribution in [1.82, 2.24) is 9.21 Å². The molecule has 2 rings (SSSR count). The van der Waals surface area contributed by atoms with Crippen LogP contribution in [0.5, 0.6) is 11.5 Å². The second kappa shape index (κ2) is 10.9. The first-order valence-corrected chi connectivity index (χ1v) is 10.8. The van der Waals surface area contributed by atoms with Crippen molar-refractivity contribution in [3.05, 3.63) is 53.8 Å². The van der Waals surface area contributed by atoms with Crippen LogP contribution in [0.25, 0.3) is 0 Å². The minimum atomic E-state index is -4.05. The van der Waals surface area contributed by atoms with Crippen molar-refractivity contribution in [1.29, 1.82) is 0 Å². The van der Waals surface area contributed by atoms with Crippen LogP contribution in [-0.2, 0) is 30.9 Å². The molecule has 0 radical (unpaired) electrons. The Balaban J connectivity index is 2.25. The monoisotopic (exact) mass is 468 g/mol. The Bertz CT molecular complexity index is 1040. The molecule has 0 fully saturated rings. The second-order valence-electron chi connectivity index (χ2n) is 6.76. The van der Waals surface area contributed by atoms with E-state index in [4.69, 9.17) is 9.47 Å². The van der Waals surface area contributed by atoms with Gasteiger partial charge in [0.05, 0.1) is 32.8 Å². The highest BCUT2D eigenvalue weighted by Gasteiger charge is 2.27. The fraction of sp³-hybridized carbons (Fsp3) is 0.333. The van der Waals surface area contributed by atoms with Crippen molar-refractivity contribution >= 4 is 21.9 Å². The Kier molecular flexibility index (Phi) is 8.56. The summed E-state index contributed by atoms with van der Waals surface area (Å²) in [5.41, 5.74) is 0.600. The zero-order valence-corrected chi connectivity index (χ0v) is 19.0. The summed E-state index contributed by atoms with van der Waals surface area (Å²) in [7, 11) is 1.31. The molecular formula is C21H25FN2O7S. The molecule has 0 aliphatic rings. The third-order valence-corrected chi connectivity index (χ3v) is 6.38. The van der Waals surface area contributed by atoms with E-state index in [9.17, 15) is 22.4 Å². The van der Waals surface area contributed by atoms with Gasteiger partial charge in [-0.2, -0.15) is 4.31 Å². The van der Waals surface area contributed by atoms with Crippen molar-refractivity contribution in [3.8, 4) is 11.5 Å². The standard InChI is InChI=1S/C21H25FN2O7S/c1-23(32(27,28)19-7-5-16(22)6-8-19)13-20(25)24(14-21(26)31-4)12-15-9-17(29-2)11-18(10-15)30-3/h5-11H,12-14H2,1-4H3. The van der Waals surface area contributed by atoms with Crippen molar-refractivity contribution in [3.63, 3.8) is 0 Å². The molecule has 0 aliphatic heterocycles. The summed E-state index contributed by atoms with van der Waals surface area (Å²) < 4.78 is 54.5. The minimum Gasteiger partial charge on any atom is -0.497 e. The number of sulfonamides is 1. The molecule has 0 aliphatic carbocycles. The first-order valence-electron chi connectivity index (χ1n) is 9.39. The lowest BCUT2D eigenvalue weighted by molar-refractivity contribution is -0.147. The summed E-state index contributed by atoms with van der Waals surface area (Å²) in [6.07, 6.45) is 0. The van der Waals surface area contributed by atoms with Gasteiger partial charge in [-0.05, 0) is 42.0 Å². The summed E-state index contributed by atoms with van der Waals surface area (Å²) in [6, 6.07) is 9.24. The SMILES string of the molecule is COC(=O)CN(Cc1cc(OC)cc(OC)c1)C(=O)CN(C)S(=O)(=O)c1ccc(F)cc1. The highest BCUT2D eigenvalue weighted by molar-refractivity contribution is 7.89. The third-order valence-electron chi connectivity index (χ3n) is 4.56. The Morgan fingerprint density at radius 3 is 2.00 bits per heavy atom. The number of hydrogen-bond donors (Lipinski definition) is 0. The van der Waals surface area contributed by atoms with E-state index in [1.54, 1.807) is 18.2 Å². The Labute approximate surface area is 186 Å². The number of ether oxygens (including phenoxy) is 3. The first kappa shape index (κ1) is 25.1. The molecule has 0 saturated carbocycles. The maximum atomic E-state index is 13.1. The number of nitrogens with zero attached hydrogens (tertiary/aromatic N) is 2. The largest absolute Gasteiger partial charge is 0.497 e. The molecule has 0 heterocycles. The molecule has 9 nitrogen and oxygen atoms in total. The molecule has 0 atom stereocenters. The predicted molar refractivity (Wildman–Crippen MR) is 113 cm³/mol. The van der Waals surface area contributed by atoms with Gasteiger partial charge in [0.25, 0.3) is 0 Å². The molecule has 0 N–H and O–H groups in total. The van der Waals surface area contributed by atoms with Gasteiger partial charge in [-0.1, -0.05) is 0 Å². The van der Waals surface area contributed by atoms with Crippen LogP contribution >= 0.6 is 0 Å². The van der Waals surface area contributed by atoms with E-state index < -0.39 is 34.3 Å². The normalized spacial score (nSPS) is 11.2. The van der Waals surface area contributed by atoms with Crippen LogP contribution in [-0.4, -0.2) is 71.0 Å². The number of amides is 1. The van der Waals surface area contributed by atoms with Gasteiger partial charge in [0.2, 0.25) is 15.9 Å². The third kappa shape index (κ3) is 6.41. The second-order valence-corrected chi connectivity index (χ2v) is 8.81. The molecular weight excluding hydrogens is 443 g/mol. The smallest absolute Gasteiger partial charge is 0.325 e. The van der Waals surface area contributed by atoms with Gasteiger partial charge < -0.3 is 19.1 Å². The molecule has 2 aromatic rings. The van der Waals surface area contributed by atoms with Crippen molar-refractivity contribution in [2.45, 2.75) is 11.4 Å². The Morgan fingerprint density at radius 2 is 1.50 bits per heavy atom. The van der Waals surface area contributed by atoms with E-state index in [1.807, 2.05) is 0 Å². The average molecular weight is 469 g/mol. The Morgan fingerprint density at radius 1 is 0.938 bits per heavy atom. The van der Waals surface area contributed by atoms with Gasteiger partial charge in [0.1, 0.15) is 23.9 Å². The van der Waals surface area contributed by atoms with Gasteiger partial charge in [-0.25, -0.2) is 12.8 Å². The van der Waals surface area contributed by atoms with E-state index in [0.29, 0.717) is 17.1 Å². The maximum absolute atomic E-state index is 13.1. The number of carbonyl (C=O) groups is 2. The minimum absolute atomic E-state index is 0.0219. The van der Waals surface area contributed by atoms with E-state index in [1.165, 1.54) is 28.4 Å². The summed E-state index contributed by atoms with van der Waals surface area (Å²) in [4.78, 5) is 25.8. The van der Waals surface area contributed by atoms with Crippen LogP contribution in [0.15, 0.2) is 47.4 Å². The highest BCUT2D eigenvalue weighted by Crippen LogP contribution is 2.24. The van der Waals surface area contributed by atoms with Crippen LogP contribution in [0.1, 0.15) is 5.56 Å². The number of benzene rings is 2. The highest BCUT2D eigenvalue weighted by atomic mass is 32.2. The van der Waals surface area contributed by atoms with Crippen LogP contribution in [0, 0.1) is 5.82 Å². The summed E-state index contributed by atoms with van der Waals surface area (Å²) in [5, 5.41) is 0. The number of hydrogen-bond acceptors (Lipinski definition) is 7. The number of esters is 1. The van der Waals surface area contributed by atoms with Gasteiger partial charge >= 0.3 is 5.97 Å². The average Bonchev–Trinajstić information content (AvgIpc) is 2.78. The van der Waals surface area contributed by atoms with Gasteiger partial charge in [0, 0.05) is 19.7 Å². The van der Waals surface area contributed by atoms with E-state index in [0.717, 1.165) is 33.5 Å². The zero-order chi connectivity index (χ0) is 23.9. The summed E-state index contributed by atoms with van der Waals surface area (Å²) >= 11 is 0. The van der Waals surface area contributed by atoms with Crippen LogP contribution in [0.4, 0.5) is 4.39 Å². The molecule has 11 heteroatoms. The summed E-state index contributed by atoms with van der Waals surface area (Å²) in [5.74, 6) is -0.912. The molecule has 0 bridgehead atoms. The number of rotatable bonds is 10. The van der Waals surface area contributed by atoms with Crippen LogP contribution in [0.3, 0.4) is 0 Å². The lowest BCUT2D eigenvalue weighted by atomic mass is 10.2. The molecule has 32 heavy (non-hydrogen) atoms. The van der Waals surface area contributed by atoms with Crippen molar-refractivity contribution in [2.24, 2.45) is 0 Å². The number of halogens is 1. The van der Waals surface area contributed by atoms with Crippen molar-refractivity contribution < 1.29 is 36.6 Å². The van der Waals surface area contributed by atoms with Crippen molar-refractivity contribution in [2.75, 3.05) is 41.5 Å². The van der Waals surface area contributed by atoms with E-state index in [2.05, 4.69) is 4.74 Å². The number of methoxy groups -OCH3 is 3. The molecule has 2 aromatic carbocycles. The number of likely N-dealkylation sites (N-methyl/N-ethyl adjacent to an activating group) is 1. The zero-order valence-electron chi connectivity index (χ0n) is 18.2. The molecule has 1 amide bonds. The van der Waals surface area contributed by atoms with Crippen LogP contribution < -0.4 is 9.47 Å². The van der Waals surface area contributed by atoms with Gasteiger partial charge in [-0.3, -0.25) is 9.59 Å². The quantitative estimate of drug-likeness (QED) is 0.489. The molecule has 0 aromatic heterocycles. The lowest BCUT2D eigenvalue weighted by Crippen LogP contribution is -2.43. The lowest BCUT2D eigenvalue weighted by Gasteiger charge is -2.25. The maximum Gasteiger partial charge on any atom is 0.325 e. The van der Waals surface area contributed by atoms with Gasteiger partial charge in [0.15, 0.2) is 0 Å². The van der Waals surface area contributed by atoms with E-state index >= 15 is 0 Å².